The van der Waals surface area contributed by atoms with E-state index in [1.165, 1.54) is 18.5 Å². The van der Waals surface area contributed by atoms with Crippen LogP contribution in [0.15, 0.2) is 66.7 Å². The third-order valence-electron chi connectivity index (χ3n) is 4.49. The van der Waals surface area contributed by atoms with Gasteiger partial charge in [0, 0.05) is 24.0 Å². The van der Waals surface area contributed by atoms with Gasteiger partial charge in [0.1, 0.15) is 23.0 Å². The summed E-state index contributed by atoms with van der Waals surface area (Å²) in [7, 11) is 3.10. The number of fused-ring (bicyclic) bond motifs is 1. The van der Waals surface area contributed by atoms with E-state index in [-0.39, 0.29) is 17.3 Å². The maximum atomic E-state index is 12.7. The van der Waals surface area contributed by atoms with Crippen LogP contribution >= 0.6 is 0 Å². The fourth-order valence-corrected chi connectivity index (χ4v) is 2.98. The van der Waals surface area contributed by atoms with Crippen molar-refractivity contribution >= 4 is 17.8 Å². The number of nitrogens with zero attached hydrogens (tertiary/aromatic N) is 1. The second-order valence-electron chi connectivity index (χ2n) is 6.33. The Labute approximate surface area is 172 Å². The van der Waals surface area contributed by atoms with E-state index in [1.54, 1.807) is 62.8 Å². The van der Waals surface area contributed by atoms with Crippen LogP contribution in [0.4, 0.5) is 0 Å². The van der Waals surface area contributed by atoms with Crippen LogP contribution in [-0.4, -0.2) is 31.0 Å². The molecule has 7 nitrogen and oxygen atoms in total. The fourth-order valence-electron chi connectivity index (χ4n) is 2.98. The van der Waals surface area contributed by atoms with E-state index < -0.39 is 5.97 Å². The minimum absolute atomic E-state index is 0.133. The number of allylic oxidation sites excluding steroid dienone is 1. The van der Waals surface area contributed by atoms with Gasteiger partial charge in [-0.3, -0.25) is 9.78 Å². The number of ketones is 1. The summed E-state index contributed by atoms with van der Waals surface area (Å²) >= 11 is 0. The van der Waals surface area contributed by atoms with Gasteiger partial charge >= 0.3 is 5.97 Å². The number of esters is 1. The molecule has 0 unspecified atom stereocenters. The topological polar surface area (TPSA) is 83.9 Å². The first-order valence-corrected chi connectivity index (χ1v) is 9.01. The molecule has 30 heavy (non-hydrogen) atoms. The summed E-state index contributed by atoms with van der Waals surface area (Å²) in [5.74, 6) is 1.10. The molecule has 1 aliphatic heterocycles. The molecule has 0 fully saturated rings. The van der Waals surface area contributed by atoms with Crippen molar-refractivity contribution in [3.05, 3.63) is 83.4 Å². The largest absolute Gasteiger partial charge is 0.497 e. The molecule has 2 aromatic carbocycles. The van der Waals surface area contributed by atoms with Crippen LogP contribution in [0.3, 0.4) is 0 Å². The zero-order valence-corrected chi connectivity index (χ0v) is 16.2. The van der Waals surface area contributed by atoms with E-state index in [1.807, 2.05) is 0 Å². The van der Waals surface area contributed by atoms with E-state index in [9.17, 15) is 9.59 Å². The van der Waals surface area contributed by atoms with E-state index in [4.69, 9.17) is 18.9 Å². The predicted molar refractivity (Wildman–Crippen MR) is 108 cm³/mol. The normalized spacial score (nSPS) is 13.5. The number of carbonyl (C=O) groups is 2. The Hall–Kier alpha value is -4.13. The molecule has 150 valence electrons. The molecule has 0 bridgehead atoms. The minimum Gasteiger partial charge on any atom is -0.497 e. The lowest BCUT2D eigenvalue weighted by Crippen LogP contribution is -2.08. The van der Waals surface area contributed by atoms with Crippen molar-refractivity contribution in [2.45, 2.75) is 0 Å². The quantitative estimate of drug-likeness (QED) is 0.362. The van der Waals surface area contributed by atoms with Crippen molar-refractivity contribution < 1.29 is 28.5 Å². The fraction of sp³-hybridized carbons (Fsp3) is 0.0870. The Balaban J connectivity index is 1.59. The van der Waals surface area contributed by atoms with E-state index in [0.29, 0.717) is 33.9 Å². The SMILES string of the molecule is COc1ccc(OC)c(/C=C2\Oc3cc(OC(=O)c4ccncc4)ccc3C2=O)c1. The van der Waals surface area contributed by atoms with Gasteiger partial charge in [0.25, 0.3) is 0 Å². The number of carbonyl (C=O) groups excluding carboxylic acids is 2. The molecule has 0 aliphatic carbocycles. The Kier molecular flexibility index (Phi) is 5.17. The van der Waals surface area contributed by atoms with Crippen LogP contribution in [0.1, 0.15) is 26.3 Å². The standard InChI is InChI=1S/C23H17NO6/c1-27-16-4-6-19(28-2)15(11-16)12-21-22(25)18-5-3-17(13-20(18)30-21)29-23(26)14-7-9-24-10-8-14/h3-13H,1-2H3/b21-12-. The summed E-state index contributed by atoms with van der Waals surface area (Å²) in [5.41, 5.74) is 1.39. The number of aromatic nitrogens is 1. The molecular formula is C23H17NO6. The molecule has 0 N–H and O–H groups in total. The number of Topliss-reactive ketones (excluding diaryl/α,β-unsaturated/α-hetero) is 1. The highest BCUT2D eigenvalue weighted by Gasteiger charge is 2.28. The summed E-state index contributed by atoms with van der Waals surface area (Å²) < 4.78 is 21.7. The van der Waals surface area contributed by atoms with Gasteiger partial charge in [-0.2, -0.15) is 0 Å². The van der Waals surface area contributed by atoms with Crippen LogP contribution in [-0.2, 0) is 0 Å². The van der Waals surface area contributed by atoms with Crippen LogP contribution in [0.5, 0.6) is 23.0 Å². The minimum atomic E-state index is -0.529. The van der Waals surface area contributed by atoms with E-state index >= 15 is 0 Å². The third-order valence-corrected chi connectivity index (χ3v) is 4.49. The number of ether oxygens (including phenoxy) is 4. The van der Waals surface area contributed by atoms with Gasteiger partial charge in [-0.05, 0) is 48.5 Å². The monoisotopic (exact) mass is 403 g/mol. The first kappa shape index (κ1) is 19.2. The van der Waals surface area contributed by atoms with Gasteiger partial charge in [0.15, 0.2) is 5.76 Å². The van der Waals surface area contributed by atoms with Gasteiger partial charge in [0.2, 0.25) is 5.78 Å². The lowest BCUT2D eigenvalue weighted by atomic mass is 10.1. The number of pyridine rings is 1. The summed E-state index contributed by atoms with van der Waals surface area (Å²) in [5, 5.41) is 0. The molecular weight excluding hydrogens is 386 g/mol. The molecule has 1 aliphatic rings. The van der Waals surface area contributed by atoms with Crippen molar-refractivity contribution in [3.8, 4) is 23.0 Å². The first-order valence-electron chi connectivity index (χ1n) is 9.01. The van der Waals surface area contributed by atoms with Gasteiger partial charge in [-0.25, -0.2) is 4.79 Å². The van der Waals surface area contributed by atoms with Gasteiger partial charge in [-0.15, -0.1) is 0 Å². The second-order valence-corrected chi connectivity index (χ2v) is 6.33. The highest BCUT2D eigenvalue weighted by atomic mass is 16.5. The van der Waals surface area contributed by atoms with Crippen molar-refractivity contribution in [1.82, 2.24) is 4.98 Å². The van der Waals surface area contributed by atoms with Crippen LogP contribution < -0.4 is 18.9 Å². The zero-order chi connectivity index (χ0) is 21.1. The predicted octanol–water partition coefficient (Wildman–Crippen LogP) is 3.93. The van der Waals surface area contributed by atoms with Crippen LogP contribution in [0.2, 0.25) is 0 Å². The molecule has 0 saturated carbocycles. The summed E-state index contributed by atoms with van der Waals surface area (Å²) in [6.07, 6.45) is 4.60. The van der Waals surface area contributed by atoms with Gasteiger partial charge < -0.3 is 18.9 Å². The average Bonchev–Trinajstić information content (AvgIpc) is 3.08. The Bertz CT molecular complexity index is 1150. The molecule has 0 radical (unpaired) electrons. The summed E-state index contributed by atoms with van der Waals surface area (Å²) in [6, 6.07) is 13.0. The van der Waals surface area contributed by atoms with Gasteiger partial charge in [0.05, 0.1) is 25.3 Å². The Morgan fingerprint density at radius 2 is 1.73 bits per heavy atom. The van der Waals surface area contributed by atoms with Crippen molar-refractivity contribution in [1.29, 1.82) is 0 Å². The number of hydrogen-bond donors (Lipinski definition) is 0. The molecule has 2 heterocycles. The molecule has 0 spiro atoms. The van der Waals surface area contributed by atoms with Crippen molar-refractivity contribution in [2.24, 2.45) is 0 Å². The van der Waals surface area contributed by atoms with Crippen LogP contribution in [0.25, 0.3) is 6.08 Å². The van der Waals surface area contributed by atoms with Crippen LogP contribution in [0, 0.1) is 0 Å². The number of benzene rings is 2. The smallest absolute Gasteiger partial charge is 0.343 e. The molecule has 0 saturated heterocycles. The van der Waals surface area contributed by atoms with E-state index in [0.717, 1.165) is 0 Å². The Morgan fingerprint density at radius 1 is 0.967 bits per heavy atom. The number of rotatable bonds is 5. The maximum absolute atomic E-state index is 12.7. The molecule has 0 atom stereocenters. The molecule has 3 aromatic rings. The highest BCUT2D eigenvalue weighted by Crippen LogP contribution is 2.36. The first-order chi connectivity index (χ1) is 14.6. The lowest BCUT2D eigenvalue weighted by molar-refractivity contribution is 0.0734. The molecule has 4 rings (SSSR count). The lowest BCUT2D eigenvalue weighted by Gasteiger charge is -2.08. The third kappa shape index (κ3) is 3.73. The maximum Gasteiger partial charge on any atom is 0.343 e. The zero-order valence-electron chi connectivity index (χ0n) is 16.2. The van der Waals surface area contributed by atoms with Gasteiger partial charge in [-0.1, -0.05) is 0 Å². The summed E-state index contributed by atoms with van der Waals surface area (Å²) in [4.78, 5) is 28.8. The average molecular weight is 403 g/mol. The Morgan fingerprint density at radius 3 is 2.47 bits per heavy atom. The van der Waals surface area contributed by atoms with E-state index in [2.05, 4.69) is 4.98 Å². The highest BCUT2D eigenvalue weighted by molar-refractivity contribution is 6.14. The summed E-state index contributed by atoms with van der Waals surface area (Å²) in [6.45, 7) is 0. The number of hydrogen-bond acceptors (Lipinski definition) is 7. The van der Waals surface area contributed by atoms with Crippen molar-refractivity contribution in [3.63, 3.8) is 0 Å². The molecule has 7 heteroatoms. The second kappa shape index (κ2) is 8.08. The number of methoxy groups -OCH3 is 2. The molecule has 0 amide bonds. The molecule has 1 aromatic heterocycles. The van der Waals surface area contributed by atoms with Crippen molar-refractivity contribution in [2.75, 3.05) is 14.2 Å².